The molecule has 1 saturated heterocycles. The number of hydrogen-bond donors (Lipinski definition) is 1. The molecule has 0 aliphatic carbocycles. The molecule has 144 valence electrons. The van der Waals surface area contributed by atoms with Crippen LogP contribution in [0.5, 0.6) is 0 Å². The Morgan fingerprint density at radius 3 is 2.48 bits per heavy atom. The third kappa shape index (κ3) is 4.69. The summed E-state index contributed by atoms with van der Waals surface area (Å²) in [4.78, 5) is 14.7. The molecule has 1 amide bonds. The van der Waals surface area contributed by atoms with Gasteiger partial charge in [-0.25, -0.2) is 8.42 Å². The van der Waals surface area contributed by atoms with Crippen molar-refractivity contribution < 1.29 is 13.2 Å². The van der Waals surface area contributed by atoms with Crippen LogP contribution < -0.4 is 4.72 Å². The number of likely N-dealkylation sites (tertiary alicyclic amines) is 1. The molecule has 1 heterocycles. The lowest BCUT2D eigenvalue weighted by molar-refractivity contribution is 0.0683. The van der Waals surface area contributed by atoms with Gasteiger partial charge in [0.05, 0.1) is 4.90 Å². The number of anilines is 1. The van der Waals surface area contributed by atoms with Crippen molar-refractivity contribution >= 4 is 21.6 Å². The number of amides is 1. The molecule has 0 bridgehead atoms. The summed E-state index contributed by atoms with van der Waals surface area (Å²) in [7, 11) is -3.77. The number of piperidine rings is 1. The van der Waals surface area contributed by atoms with Crippen LogP contribution in [0.25, 0.3) is 0 Å². The largest absolute Gasteiger partial charge is 0.338 e. The van der Waals surface area contributed by atoms with Crippen LogP contribution in [-0.4, -0.2) is 32.3 Å². The highest BCUT2D eigenvalue weighted by molar-refractivity contribution is 7.92. The maximum atomic E-state index is 12.8. The normalized spacial score (nSPS) is 17.6. The standard InChI is InChI=1S/C21H26N2O3S/c1-15-6-5-9-23(14-15)21(24)18-7-4-8-20(13-18)27(25,26)22-19-11-16(2)10-17(3)12-19/h4,7-8,10-13,15,22H,5-6,9,14H2,1-3H3. The minimum Gasteiger partial charge on any atom is -0.338 e. The van der Waals surface area contributed by atoms with Gasteiger partial charge in [-0.1, -0.05) is 19.1 Å². The average molecular weight is 387 g/mol. The Morgan fingerprint density at radius 1 is 1.11 bits per heavy atom. The van der Waals surface area contributed by atoms with E-state index in [0.29, 0.717) is 17.2 Å². The van der Waals surface area contributed by atoms with Crippen molar-refractivity contribution in [1.82, 2.24) is 4.90 Å². The van der Waals surface area contributed by atoms with Gasteiger partial charge < -0.3 is 4.90 Å². The summed E-state index contributed by atoms with van der Waals surface area (Å²) in [5.74, 6) is 0.367. The van der Waals surface area contributed by atoms with E-state index in [2.05, 4.69) is 11.6 Å². The molecule has 1 atom stereocenters. The molecule has 0 aromatic heterocycles. The van der Waals surface area contributed by atoms with E-state index in [4.69, 9.17) is 0 Å². The fraction of sp³-hybridized carbons (Fsp3) is 0.381. The van der Waals surface area contributed by atoms with Gasteiger partial charge >= 0.3 is 0 Å². The molecule has 0 saturated carbocycles. The SMILES string of the molecule is Cc1cc(C)cc(NS(=O)(=O)c2cccc(C(=O)N3CCCC(C)C3)c2)c1. The third-order valence-electron chi connectivity index (χ3n) is 4.81. The monoisotopic (exact) mass is 386 g/mol. The van der Waals surface area contributed by atoms with Crippen LogP contribution in [0, 0.1) is 19.8 Å². The highest BCUT2D eigenvalue weighted by atomic mass is 32.2. The third-order valence-corrected chi connectivity index (χ3v) is 6.19. The number of rotatable bonds is 4. The molecular weight excluding hydrogens is 360 g/mol. The molecule has 2 aromatic carbocycles. The molecule has 0 radical (unpaired) electrons. The van der Waals surface area contributed by atoms with Crippen LogP contribution in [0.2, 0.25) is 0 Å². The van der Waals surface area contributed by atoms with E-state index >= 15 is 0 Å². The molecule has 3 rings (SSSR count). The number of nitrogens with one attached hydrogen (secondary N) is 1. The summed E-state index contributed by atoms with van der Waals surface area (Å²) in [5.41, 5.74) is 2.90. The van der Waals surface area contributed by atoms with E-state index in [9.17, 15) is 13.2 Å². The molecule has 6 heteroatoms. The van der Waals surface area contributed by atoms with Crippen molar-refractivity contribution in [2.24, 2.45) is 5.92 Å². The molecule has 1 aliphatic heterocycles. The van der Waals surface area contributed by atoms with Gasteiger partial charge in [0.15, 0.2) is 0 Å². The van der Waals surface area contributed by atoms with Crippen LogP contribution in [0.1, 0.15) is 41.3 Å². The number of carbonyl (C=O) groups excluding carboxylic acids is 1. The smallest absolute Gasteiger partial charge is 0.261 e. The zero-order valence-electron chi connectivity index (χ0n) is 16.0. The first kappa shape index (κ1) is 19.4. The minimum absolute atomic E-state index is 0.0950. The summed E-state index contributed by atoms with van der Waals surface area (Å²) >= 11 is 0. The van der Waals surface area contributed by atoms with Crippen LogP contribution in [0.3, 0.4) is 0 Å². The van der Waals surface area contributed by atoms with E-state index in [1.807, 2.05) is 24.8 Å². The van der Waals surface area contributed by atoms with Crippen LogP contribution in [0.4, 0.5) is 5.69 Å². The van der Waals surface area contributed by atoms with Crippen molar-refractivity contribution in [1.29, 1.82) is 0 Å². The Kier molecular flexibility index (Phi) is 5.56. The van der Waals surface area contributed by atoms with Gasteiger partial charge in [-0.3, -0.25) is 9.52 Å². The lowest BCUT2D eigenvalue weighted by Gasteiger charge is -2.31. The van der Waals surface area contributed by atoms with Crippen molar-refractivity contribution in [3.8, 4) is 0 Å². The van der Waals surface area contributed by atoms with Crippen molar-refractivity contribution in [2.75, 3.05) is 17.8 Å². The minimum atomic E-state index is -3.77. The van der Waals surface area contributed by atoms with Gasteiger partial charge in [0.2, 0.25) is 0 Å². The molecule has 5 nitrogen and oxygen atoms in total. The van der Waals surface area contributed by atoms with E-state index in [-0.39, 0.29) is 10.8 Å². The molecule has 2 aromatic rings. The molecule has 1 fully saturated rings. The Morgan fingerprint density at radius 2 is 1.81 bits per heavy atom. The first-order valence-electron chi connectivity index (χ1n) is 9.25. The van der Waals surface area contributed by atoms with E-state index in [1.165, 1.54) is 12.1 Å². The highest BCUT2D eigenvalue weighted by Crippen LogP contribution is 2.22. The number of nitrogens with zero attached hydrogens (tertiary/aromatic N) is 1. The highest BCUT2D eigenvalue weighted by Gasteiger charge is 2.23. The van der Waals surface area contributed by atoms with Gasteiger partial charge in [0, 0.05) is 24.3 Å². The van der Waals surface area contributed by atoms with Gasteiger partial charge in [-0.05, 0) is 74.1 Å². The van der Waals surface area contributed by atoms with Crippen LogP contribution in [0.15, 0.2) is 47.4 Å². The first-order valence-corrected chi connectivity index (χ1v) is 10.7. The Balaban J connectivity index is 1.84. The predicted octanol–water partition coefficient (Wildman–Crippen LogP) is 3.98. The van der Waals surface area contributed by atoms with E-state index in [0.717, 1.165) is 37.1 Å². The molecule has 1 unspecified atom stereocenters. The number of sulfonamides is 1. The lowest BCUT2D eigenvalue weighted by atomic mass is 9.99. The molecule has 0 spiro atoms. The van der Waals surface area contributed by atoms with Gasteiger partial charge in [-0.2, -0.15) is 0 Å². The average Bonchev–Trinajstić information content (AvgIpc) is 2.60. The fourth-order valence-electron chi connectivity index (χ4n) is 3.60. The number of hydrogen-bond acceptors (Lipinski definition) is 3. The van der Waals surface area contributed by atoms with E-state index < -0.39 is 10.0 Å². The summed E-state index contributed by atoms with van der Waals surface area (Å²) in [6.45, 7) is 7.42. The number of carbonyl (C=O) groups is 1. The van der Waals surface area contributed by atoms with Gasteiger partial charge in [0.25, 0.3) is 15.9 Å². The Labute approximate surface area is 161 Å². The second-order valence-electron chi connectivity index (χ2n) is 7.51. The number of aryl methyl sites for hydroxylation is 2. The summed E-state index contributed by atoms with van der Waals surface area (Å²) in [5, 5.41) is 0. The fourth-order valence-corrected chi connectivity index (χ4v) is 4.69. The summed E-state index contributed by atoms with van der Waals surface area (Å²) in [6.07, 6.45) is 2.11. The Bertz CT molecular complexity index is 933. The maximum absolute atomic E-state index is 12.8. The lowest BCUT2D eigenvalue weighted by Crippen LogP contribution is -2.39. The second kappa shape index (κ2) is 7.72. The van der Waals surface area contributed by atoms with Crippen molar-refractivity contribution in [2.45, 2.75) is 38.5 Å². The van der Waals surface area contributed by atoms with Gasteiger partial charge in [-0.15, -0.1) is 0 Å². The zero-order chi connectivity index (χ0) is 19.6. The molecular formula is C21H26N2O3S. The first-order chi connectivity index (χ1) is 12.7. The molecule has 27 heavy (non-hydrogen) atoms. The predicted molar refractivity (Wildman–Crippen MR) is 107 cm³/mol. The molecule has 1 aliphatic rings. The summed E-state index contributed by atoms with van der Waals surface area (Å²) in [6, 6.07) is 11.8. The zero-order valence-corrected chi connectivity index (χ0v) is 16.8. The molecule has 1 N–H and O–H groups in total. The Hall–Kier alpha value is -2.34. The van der Waals surface area contributed by atoms with Crippen molar-refractivity contribution in [3.05, 3.63) is 59.2 Å². The quantitative estimate of drug-likeness (QED) is 0.864. The van der Waals surface area contributed by atoms with Crippen molar-refractivity contribution in [3.63, 3.8) is 0 Å². The van der Waals surface area contributed by atoms with Gasteiger partial charge in [0.1, 0.15) is 0 Å². The van der Waals surface area contributed by atoms with E-state index in [1.54, 1.807) is 24.3 Å². The summed E-state index contributed by atoms with van der Waals surface area (Å²) < 4.78 is 28.2. The van der Waals surface area contributed by atoms with Crippen LogP contribution >= 0.6 is 0 Å². The van der Waals surface area contributed by atoms with Crippen LogP contribution in [-0.2, 0) is 10.0 Å². The second-order valence-corrected chi connectivity index (χ2v) is 9.19. The number of benzene rings is 2. The topological polar surface area (TPSA) is 66.5 Å². The maximum Gasteiger partial charge on any atom is 0.261 e.